The Bertz CT molecular complexity index is 1540. The molecule has 0 radical (unpaired) electrons. The van der Waals surface area contributed by atoms with Gasteiger partial charge in [-0.25, -0.2) is 4.98 Å². The highest BCUT2D eigenvalue weighted by molar-refractivity contribution is 7.00. The van der Waals surface area contributed by atoms with E-state index in [-0.39, 0.29) is 0 Å². The van der Waals surface area contributed by atoms with Crippen molar-refractivity contribution in [2.24, 2.45) is 0 Å². The average Bonchev–Trinajstić information content (AvgIpc) is 3.29. The fraction of sp³-hybridized carbons (Fsp3) is 0. The molecule has 0 amide bonds. The quantitative estimate of drug-likeness (QED) is 0.273. The molecule has 0 N–H and O–H groups in total. The van der Waals surface area contributed by atoms with Crippen LogP contribution in [0.1, 0.15) is 0 Å². The first-order valence-corrected chi connectivity index (χ1v) is 10.7. The molecule has 0 saturated heterocycles. The van der Waals surface area contributed by atoms with Crippen LogP contribution in [-0.2, 0) is 0 Å². The highest BCUT2D eigenvalue weighted by Gasteiger charge is 2.19. The minimum Gasteiger partial charge on any atom is -0.247 e. The lowest BCUT2D eigenvalue weighted by molar-refractivity contribution is 1.43. The maximum atomic E-state index is 6.30. The first kappa shape index (κ1) is 17.5. The minimum atomic E-state index is 0.668. The van der Waals surface area contributed by atoms with Crippen molar-refractivity contribution in [3.05, 3.63) is 90.0 Å². The lowest BCUT2D eigenvalue weighted by atomic mass is 9.94. The van der Waals surface area contributed by atoms with Crippen LogP contribution in [0.25, 0.3) is 55.1 Å². The average molecular weight is 424 g/mol. The van der Waals surface area contributed by atoms with Gasteiger partial charge in [0, 0.05) is 32.3 Å². The van der Waals surface area contributed by atoms with E-state index in [9.17, 15) is 0 Å². The number of rotatable bonds is 2. The van der Waals surface area contributed by atoms with E-state index < -0.39 is 0 Å². The largest absolute Gasteiger partial charge is 0.247 e. The maximum absolute atomic E-state index is 6.30. The summed E-state index contributed by atoms with van der Waals surface area (Å²) in [7, 11) is 0. The fourth-order valence-electron chi connectivity index (χ4n) is 4.04. The van der Waals surface area contributed by atoms with Crippen LogP contribution >= 0.6 is 23.3 Å². The standard InChI is InChI=1S/C25H14ClN3S/c26-17-11-12-18-21(13-17)27-23(16-9-5-2-6-10-16)20-14-19(15-7-3-1-4-8-15)24-25(22(18)20)29-30-28-24/h1-14H. The molecule has 0 bridgehead atoms. The number of halogens is 1. The number of hydrogen-bond donors (Lipinski definition) is 0. The molecule has 4 aromatic carbocycles. The highest BCUT2D eigenvalue weighted by Crippen LogP contribution is 2.41. The number of nitrogens with zero attached hydrogens (tertiary/aromatic N) is 3. The molecule has 0 unspecified atom stereocenters. The zero-order valence-corrected chi connectivity index (χ0v) is 17.3. The second-order valence-corrected chi connectivity index (χ2v) is 8.13. The van der Waals surface area contributed by atoms with Crippen LogP contribution in [0.3, 0.4) is 0 Å². The van der Waals surface area contributed by atoms with E-state index in [0.29, 0.717) is 5.02 Å². The summed E-state index contributed by atoms with van der Waals surface area (Å²) < 4.78 is 9.37. The summed E-state index contributed by atoms with van der Waals surface area (Å²) in [4.78, 5) is 5.03. The van der Waals surface area contributed by atoms with E-state index in [1.54, 1.807) is 0 Å². The Morgan fingerprint density at radius 3 is 2.13 bits per heavy atom. The van der Waals surface area contributed by atoms with Crippen LogP contribution < -0.4 is 0 Å². The fourth-order valence-corrected chi connectivity index (χ4v) is 4.78. The summed E-state index contributed by atoms with van der Waals surface area (Å²) >= 11 is 7.55. The molecule has 30 heavy (non-hydrogen) atoms. The van der Waals surface area contributed by atoms with Crippen LogP contribution in [0.15, 0.2) is 84.9 Å². The third kappa shape index (κ3) is 2.69. The molecular weight excluding hydrogens is 410 g/mol. The number of aromatic nitrogens is 3. The summed E-state index contributed by atoms with van der Waals surface area (Å²) in [6, 6.07) is 28.6. The minimum absolute atomic E-state index is 0.668. The Balaban J connectivity index is 1.85. The molecule has 2 heterocycles. The van der Waals surface area contributed by atoms with Crippen LogP contribution in [-0.4, -0.2) is 13.7 Å². The molecule has 2 aromatic heterocycles. The number of fused-ring (bicyclic) bond motifs is 5. The van der Waals surface area contributed by atoms with Gasteiger partial charge in [0.2, 0.25) is 0 Å². The van der Waals surface area contributed by atoms with Crippen molar-refractivity contribution in [3.63, 3.8) is 0 Å². The number of pyridine rings is 1. The van der Waals surface area contributed by atoms with Gasteiger partial charge in [-0.05, 0) is 23.8 Å². The van der Waals surface area contributed by atoms with Gasteiger partial charge in [-0.15, -0.1) is 0 Å². The van der Waals surface area contributed by atoms with Gasteiger partial charge in [-0.2, -0.15) is 8.75 Å². The van der Waals surface area contributed by atoms with Gasteiger partial charge in [0.05, 0.1) is 22.9 Å². The highest BCUT2D eigenvalue weighted by atomic mass is 35.5. The molecule has 0 fully saturated rings. The second kappa shape index (κ2) is 6.87. The number of hydrogen-bond acceptors (Lipinski definition) is 4. The van der Waals surface area contributed by atoms with Gasteiger partial charge in [0.25, 0.3) is 0 Å². The summed E-state index contributed by atoms with van der Waals surface area (Å²) in [6.07, 6.45) is 0. The molecule has 5 heteroatoms. The molecule has 0 atom stereocenters. The molecule has 6 rings (SSSR count). The van der Waals surface area contributed by atoms with E-state index in [4.69, 9.17) is 21.0 Å². The van der Waals surface area contributed by atoms with Gasteiger partial charge in [0.15, 0.2) is 0 Å². The predicted molar refractivity (Wildman–Crippen MR) is 126 cm³/mol. The summed E-state index contributed by atoms with van der Waals surface area (Å²) in [5.74, 6) is 0. The van der Waals surface area contributed by atoms with Crippen LogP contribution in [0.5, 0.6) is 0 Å². The maximum Gasteiger partial charge on any atom is 0.114 e. The van der Waals surface area contributed by atoms with Crippen LogP contribution in [0.4, 0.5) is 0 Å². The zero-order chi connectivity index (χ0) is 20.1. The molecule has 3 nitrogen and oxygen atoms in total. The van der Waals surface area contributed by atoms with Gasteiger partial charge in [0.1, 0.15) is 11.0 Å². The van der Waals surface area contributed by atoms with E-state index in [1.807, 2.05) is 54.6 Å². The van der Waals surface area contributed by atoms with Crippen molar-refractivity contribution in [1.29, 1.82) is 0 Å². The van der Waals surface area contributed by atoms with Crippen molar-refractivity contribution in [1.82, 2.24) is 13.7 Å². The first-order chi connectivity index (χ1) is 14.8. The lowest BCUT2D eigenvalue weighted by Crippen LogP contribution is -1.92. The van der Waals surface area contributed by atoms with Crippen molar-refractivity contribution in [2.45, 2.75) is 0 Å². The van der Waals surface area contributed by atoms with Crippen molar-refractivity contribution < 1.29 is 0 Å². The van der Waals surface area contributed by atoms with Crippen molar-refractivity contribution in [2.75, 3.05) is 0 Å². The van der Waals surface area contributed by atoms with Gasteiger partial charge >= 0.3 is 0 Å². The van der Waals surface area contributed by atoms with E-state index in [2.05, 4.69) is 34.7 Å². The van der Waals surface area contributed by atoms with E-state index in [1.165, 1.54) is 11.7 Å². The normalized spacial score (nSPS) is 11.5. The van der Waals surface area contributed by atoms with Crippen molar-refractivity contribution in [3.8, 4) is 22.4 Å². The molecule has 0 aliphatic heterocycles. The predicted octanol–water partition coefficient (Wildman–Crippen LogP) is 7.38. The first-order valence-electron chi connectivity index (χ1n) is 9.59. The van der Waals surface area contributed by atoms with E-state index >= 15 is 0 Å². The van der Waals surface area contributed by atoms with Gasteiger partial charge in [-0.1, -0.05) is 78.3 Å². The Kier molecular flexibility index (Phi) is 4.01. The third-order valence-electron chi connectivity index (χ3n) is 5.39. The Hall–Kier alpha value is -3.34. The second-order valence-electron chi connectivity index (χ2n) is 7.16. The summed E-state index contributed by atoms with van der Waals surface area (Å²) in [6.45, 7) is 0. The Labute approximate surface area is 181 Å². The summed E-state index contributed by atoms with van der Waals surface area (Å²) in [5.41, 5.74) is 6.85. The molecule has 0 spiro atoms. The SMILES string of the molecule is Clc1ccc2c(c1)nc(-c1ccccc1)c1cc(-c3ccccc3)c3nsnc3c12. The number of benzene rings is 4. The Morgan fingerprint density at radius 1 is 0.667 bits per heavy atom. The van der Waals surface area contributed by atoms with E-state index in [0.717, 1.165) is 55.1 Å². The topological polar surface area (TPSA) is 38.7 Å². The molecule has 0 saturated carbocycles. The smallest absolute Gasteiger partial charge is 0.114 e. The van der Waals surface area contributed by atoms with Gasteiger partial charge in [-0.3, -0.25) is 0 Å². The van der Waals surface area contributed by atoms with Crippen molar-refractivity contribution >= 4 is 56.0 Å². The molecule has 142 valence electrons. The molecule has 0 aliphatic carbocycles. The Morgan fingerprint density at radius 2 is 1.37 bits per heavy atom. The molecule has 0 aliphatic rings. The van der Waals surface area contributed by atoms with Gasteiger partial charge < -0.3 is 0 Å². The van der Waals surface area contributed by atoms with Crippen LogP contribution in [0, 0.1) is 0 Å². The lowest BCUT2D eigenvalue weighted by Gasteiger charge is -2.13. The molecule has 6 aromatic rings. The molecular formula is C25H14ClN3S. The van der Waals surface area contributed by atoms with Crippen LogP contribution in [0.2, 0.25) is 5.02 Å². The monoisotopic (exact) mass is 423 g/mol. The zero-order valence-electron chi connectivity index (χ0n) is 15.7. The summed E-state index contributed by atoms with van der Waals surface area (Å²) in [5, 5.41) is 3.84. The third-order valence-corrected chi connectivity index (χ3v) is 6.15.